The van der Waals surface area contributed by atoms with Crippen LogP contribution in [0.1, 0.15) is 71.1 Å². The fraction of sp³-hybridized carbons (Fsp3) is 0.895. The Hall–Kier alpha value is -1.26. The summed E-state index contributed by atoms with van der Waals surface area (Å²) >= 11 is 0. The molecule has 0 aromatic carbocycles. The van der Waals surface area contributed by atoms with Crippen molar-refractivity contribution in [1.29, 1.82) is 0 Å². The molecule has 0 spiro atoms. The van der Waals surface area contributed by atoms with Gasteiger partial charge in [0.1, 0.15) is 0 Å². The van der Waals surface area contributed by atoms with E-state index in [1.54, 1.807) is 0 Å². The van der Waals surface area contributed by atoms with Crippen molar-refractivity contribution in [2.75, 3.05) is 13.1 Å². The zero-order valence-corrected chi connectivity index (χ0v) is 15.2. The average Bonchev–Trinajstić information content (AvgIpc) is 3.47. The van der Waals surface area contributed by atoms with Gasteiger partial charge in [-0.3, -0.25) is 9.79 Å². The first-order valence-corrected chi connectivity index (χ1v) is 10.1. The first-order valence-electron chi connectivity index (χ1n) is 10.1. The third kappa shape index (κ3) is 5.99. The van der Waals surface area contributed by atoms with Crippen molar-refractivity contribution >= 4 is 11.9 Å². The summed E-state index contributed by atoms with van der Waals surface area (Å²) < 4.78 is 0. The predicted molar refractivity (Wildman–Crippen MR) is 98.0 cm³/mol. The summed E-state index contributed by atoms with van der Waals surface area (Å²) in [4.78, 5) is 17.0. The largest absolute Gasteiger partial charge is 0.357 e. The second kappa shape index (κ2) is 8.72. The molecule has 0 aliphatic heterocycles. The van der Waals surface area contributed by atoms with E-state index in [9.17, 15) is 4.79 Å². The maximum atomic E-state index is 12.3. The van der Waals surface area contributed by atoms with Crippen molar-refractivity contribution in [2.45, 2.75) is 83.2 Å². The van der Waals surface area contributed by atoms with E-state index < -0.39 is 0 Å². The van der Waals surface area contributed by atoms with Crippen molar-refractivity contribution in [3.05, 3.63) is 0 Å². The van der Waals surface area contributed by atoms with Gasteiger partial charge in [0, 0.05) is 31.1 Å². The quantitative estimate of drug-likeness (QED) is 0.363. The number of hydrogen-bond donors (Lipinski definition) is 3. The van der Waals surface area contributed by atoms with Crippen LogP contribution in [0, 0.1) is 11.8 Å². The van der Waals surface area contributed by atoms with Gasteiger partial charge in [0.2, 0.25) is 5.91 Å². The molecule has 1 amide bonds. The van der Waals surface area contributed by atoms with Gasteiger partial charge in [-0.25, -0.2) is 0 Å². The number of carbonyl (C=O) groups is 1. The second-order valence-corrected chi connectivity index (χ2v) is 7.83. The molecule has 0 radical (unpaired) electrons. The standard InChI is InChI=1S/C19H34N4O/c1-2-20-19(21-12-4-5-14-8-9-14)23-17-7-3-6-15(13-17)18(24)22-16-10-11-16/h14-17H,2-13H2,1H3,(H,22,24)(H2,20,21,23). The van der Waals surface area contributed by atoms with E-state index in [0.717, 1.165) is 63.5 Å². The maximum Gasteiger partial charge on any atom is 0.223 e. The van der Waals surface area contributed by atoms with Crippen LogP contribution in [-0.2, 0) is 4.79 Å². The van der Waals surface area contributed by atoms with Crippen molar-refractivity contribution in [3.63, 3.8) is 0 Å². The summed E-state index contributed by atoms with van der Waals surface area (Å²) in [6, 6.07) is 0.839. The number of guanidine groups is 1. The van der Waals surface area contributed by atoms with Crippen LogP contribution in [0.15, 0.2) is 4.99 Å². The normalized spacial score (nSPS) is 27.6. The van der Waals surface area contributed by atoms with Gasteiger partial charge in [0.25, 0.3) is 0 Å². The maximum absolute atomic E-state index is 12.3. The van der Waals surface area contributed by atoms with E-state index in [1.165, 1.54) is 25.7 Å². The molecule has 0 bridgehead atoms. The lowest BCUT2D eigenvalue weighted by Crippen LogP contribution is -2.47. The molecule has 0 saturated heterocycles. The number of nitrogens with zero attached hydrogens (tertiary/aromatic N) is 1. The molecular formula is C19H34N4O. The van der Waals surface area contributed by atoms with E-state index in [1.807, 2.05) is 0 Å². The minimum Gasteiger partial charge on any atom is -0.357 e. The minimum atomic E-state index is 0.176. The highest BCUT2D eigenvalue weighted by Crippen LogP contribution is 2.33. The van der Waals surface area contributed by atoms with Crippen molar-refractivity contribution in [1.82, 2.24) is 16.0 Å². The molecule has 136 valence electrons. The van der Waals surface area contributed by atoms with Gasteiger partial charge in [-0.2, -0.15) is 0 Å². The number of amides is 1. The first-order chi connectivity index (χ1) is 11.7. The average molecular weight is 335 g/mol. The lowest BCUT2D eigenvalue weighted by molar-refractivity contribution is -0.126. The summed E-state index contributed by atoms with van der Waals surface area (Å²) in [6.07, 6.45) is 11.9. The van der Waals surface area contributed by atoms with Gasteiger partial charge in [0.15, 0.2) is 5.96 Å². The molecule has 3 fully saturated rings. The number of aliphatic imine (C=N–C) groups is 1. The lowest BCUT2D eigenvalue weighted by atomic mass is 9.85. The van der Waals surface area contributed by atoms with Crippen LogP contribution in [-0.4, -0.2) is 37.0 Å². The smallest absolute Gasteiger partial charge is 0.223 e. The summed E-state index contributed by atoms with van der Waals surface area (Å²) in [5, 5.41) is 10.1. The molecule has 3 N–H and O–H groups in total. The SMILES string of the molecule is CCNC(=NCCCC1CC1)NC1CCCC(C(=O)NC2CC2)C1. The Morgan fingerprint density at radius 3 is 2.58 bits per heavy atom. The third-order valence-corrected chi connectivity index (χ3v) is 5.39. The summed E-state index contributed by atoms with van der Waals surface area (Å²) in [5.74, 6) is 2.37. The van der Waals surface area contributed by atoms with Gasteiger partial charge in [-0.15, -0.1) is 0 Å². The van der Waals surface area contributed by atoms with Crippen molar-refractivity contribution < 1.29 is 4.79 Å². The number of rotatable bonds is 8. The highest BCUT2D eigenvalue weighted by molar-refractivity contribution is 5.81. The molecule has 0 aromatic rings. The molecule has 0 aromatic heterocycles. The molecule has 0 heterocycles. The minimum absolute atomic E-state index is 0.176. The molecule has 2 atom stereocenters. The molecular weight excluding hydrogens is 300 g/mol. The van der Waals surface area contributed by atoms with Gasteiger partial charge >= 0.3 is 0 Å². The lowest BCUT2D eigenvalue weighted by Gasteiger charge is -2.30. The zero-order chi connectivity index (χ0) is 16.8. The third-order valence-electron chi connectivity index (χ3n) is 5.39. The second-order valence-electron chi connectivity index (χ2n) is 7.83. The summed E-state index contributed by atoms with van der Waals surface area (Å²) in [6.45, 7) is 3.89. The highest BCUT2D eigenvalue weighted by Gasteiger charge is 2.31. The monoisotopic (exact) mass is 334 g/mol. The Morgan fingerprint density at radius 2 is 1.88 bits per heavy atom. The molecule has 3 aliphatic rings. The van der Waals surface area contributed by atoms with E-state index in [2.05, 4.69) is 22.9 Å². The van der Waals surface area contributed by atoms with Crippen molar-refractivity contribution in [3.8, 4) is 0 Å². The fourth-order valence-electron chi connectivity index (χ4n) is 3.60. The molecule has 24 heavy (non-hydrogen) atoms. The molecule has 3 aliphatic carbocycles. The highest BCUT2D eigenvalue weighted by atomic mass is 16.2. The van der Waals surface area contributed by atoms with E-state index in [-0.39, 0.29) is 11.8 Å². The molecule has 3 rings (SSSR count). The van der Waals surface area contributed by atoms with Crippen LogP contribution < -0.4 is 16.0 Å². The van der Waals surface area contributed by atoms with Crippen LogP contribution in [0.4, 0.5) is 0 Å². The topological polar surface area (TPSA) is 65.5 Å². The zero-order valence-electron chi connectivity index (χ0n) is 15.2. The van der Waals surface area contributed by atoms with Gasteiger partial charge in [-0.1, -0.05) is 19.3 Å². The molecule has 2 unspecified atom stereocenters. The van der Waals surface area contributed by atoms with Gasteiger partial charge < -0.3 is 16.0 Å². The van der Waals surface area contributed by atoms with Gasteiger partial charge in [-0.05, 0) is 57.8 Å². The van der Waals surface area contributed by atoms with Crippen LogP contribution in [0.3, 0.4) is 0 Å². The summed E-state index contributed by atoms with van der Waals surface area (Å²) in [5.41, 5.74) is 0. The number of carbonyl (C=O) groups excluding carboxylic acids is 1. The van der Waals surface area contributed by atoms with E-state index in [4.69, 9.17) is 4.99 Å². The predicted octanol–water partition coefficient (Wildman–Crippen LogP) is 2.57. The van der Waals surface area contributed by atoms with Gasteiger partial charge in [0.05, 0.1) is 0 Å². The molecule has 5 nitrogen and oxygen atoms in total. The Balaban J connectivity index is 1.43. The molecule has 5 heteroatoms. The first kappa shape index (κ1) is 17.6. The van der Waals surface area contributed by atoms with Crippen LogP contribution >= 0.6 is 0 Å². The summed E-state index contributed by atoms with van der Waals surface area (Å²) in [7, 11) is 0. The fourth-order valence-corrected chi connectivity index (χ4v) is 3.60. The van der Waals surface area contributed by atoms with Crippen molar-refractivity contribution in [2.24, 2.45) is 16.8 Å². The Morgan fingerprint density at radius 1 is 1.04 bits per heavy atom. The van der Waals surface area contributed by atoms with E-state index >= 15 is 0 Å². The Labute approximate surface area is 146 Å². The Bertz CT molecular complexity index is 443. The van der Waals surface area contributed by atoms with Crippen LogP contribution in [0.5, 0.6) is 0 Å². The van der Waals surface area contributed by atoms with Crippen LogP contribution in [0.2, 0.25) is 0 Å². The van der Waals surface area contributed by atoms with Crippen LogP contribution in [0.25, 0.3) is 0 Å². The molecule has 3 saturated carbocycles. The Kier molecular flexibility index (Phi) is 6.38. The number of nitrogens with one attached hydrogen (secondary N) is 3. The number of hydrogen-bond acceptors (Lipinski definition) is 2. The van der Waals surface area contributed by atoms with E-state index in [0.29, 0.717) is 12.1 Å².